The largest absolute Gasteiger partial charge is 0.355 e. The molecule has 0 saturated carbocycles. The Bertz CT molecular complexity index is 3780. The van der Waals surface area contributed by atoms with Gasteiger partial charge in [0.1, 0.15) is 5.54 Å². The molecule has 72 heavy (non-hydrogen) atoms. The van der Waals surface area contributed by atoms with Gasteiger partial charge in [-0.3, -0.25) is 10.3 Å². The Morgan fingerprint density at radius 3 is 1.42 bits per heavy atom. The van der Waals surface area contributed by atoms with Crippen LogP contribution in [-0.2, 0) is 16.6 Å². The maximum Gasteiger partial charge on any atom is 0.122 e. The zero-order valence-electron chi connectivity index (χ0n) is 39.6. The molecular weight excluding hydrogens is 873 g/mol. The molecule has 4 aliphatic heterocycles. The molecule has 4 unspecified atom stereocenters. The summed E-state index contributed by atoms with van der Waals surface area (Å²) < 4.78 is 0. The lowest BCUT2D eigenvalue weighted by Crippen LogP contribution is -2.56. The van der Waals surface area contributed by atoms with E-state index in [-0.39, 0.29) is 0 Å². The number of aliphatic imine (C=N–C) groups is 2. The lowest BCUT2D eigenvalue weighted by molar-refractivity contribution is 0.261. The molecular formula is C68H50N4. The molecule has 342 valence electrons. The fraction of sp³-hybridized carbons (Fsp3) is 0.0588. The topological polar surface area (TPSA) is 52.5 Å². The number of fused-ring (bicyclic) bond motifs is 6. The average molecular weight is 923 g/mol. The van der Waals surface area contributed by atoms with Crippen molar-refractivity contribution in [3.8, 4) is 0 Å². The zero-order valence-corrected chi connectivity index (χ0v) is 39.6. The van der Waals surface area contributed by atoms with Crippen molar-refractivity contribution >= 4 is 45.9 Å². The summed E-state index contributed by atoms with van der Waals surface area (Å²) >= 11 is 0. The second kappa shape index (κ2) is 17.8. The number of rotatable bonds is 8. The number of hydrogen-bond acceptors (Lipinski definition) is 3. The van der Waals surface area contributed by atoms with Crippen LogP contribution in [0.3, 0.4) is 0 Å². The van der Waals surface area contributed by atoms with Crippen molar-refractivity contribution in [2.75, 3.05) is 0 Å². The highest BCUT2D eigenvalue weighted by Crippen LogP contribution is 2.68. The summed E-state index contributed by atoms with van der Waals surface area (Å²) in [7, 11) is 0. The number of allylic oxidation sites excluding steroid dienone is 3. The van der Waals surface area contributed by atoms with Gasteiger partial charge in [0.2, 0.25) is 0 Å². The first-order valence-electron chi connectivity index (χ1n) is 24.8. The van der Waals surface area contributed by atoms with Crippen LogP contribution in [0.15, 0.2) is 289 Å². The number of benzene rings is 8. The van der Waals surface area contributed by atoms with E-state index >= 15 is 0 Å². The van der Waals surface area contributed by atoms with E-state index in [4.69, 9.17) is 15.3 Å². The van der Waals surface area contributed by atoms with Crippen molar-refractivity contribution in [1.29, 1.82) is 0 Å². The van der Waals surface area contributed by atoms with Crippen LogP contribution in [0, 0.1) is 0 Å². The van der Waals surface area contributed by atoms with Gasteiger partial charge >= 0.3 is 0 Å². The van der Waals surface area contributed by atoms with Crippen molar-refractivity contribution < 1.29 is 0 Å². The van der Waals surface area contributed by atoms with Crippen LogP contribution >= 0.6 is 0 Å². The third kappa shape index (κ3) is 7.02. The Hall–Kier alpha value is -8.96. The number of aromatic nitrogens is 1. The molecule has 4 heteroatoms. The third-order valence-electron chi connectivity index (χ3n) is 14.9. The molecule has 2 N–H and O–H groups in total. The van der Waals surface area contributed by atoms with Crippen molar-refractivity contribution in [3.63, 3.8) is 0 Å². The summed E-state index contributed by atoms with van der Waals surface area (Å²) in [5.41, 5.74) is 12.7. The van der Waals surface area contributed by atoms with Crippen molar-refractivity contribution in [3.05, 3.63) is 334 Å². The van der Waals surface area contributed by atoms with Crippen LogP contribution in [0.1, 0.15) is 50.4 Å². The zero-order chi connectivity index (χ0) is 48.0. The Labute approximate surface area is 420 Å². The number of aromatic amines is 1. The average Bonchev–Trinajstić information content (AvgIpc) is 4.25. The van der Waals surface area contributed by atoms with Crippen LogP contribution in [0.25, 0.3) is 34.4 Å². The van der Waals surface area contributed by atoms with Crippen LogP contribution in [0.2, 0.25) is 0 Å². The van der Waals surface area contributed by atoms with Crippen LogP contribution in [-0.4, -0.2) is 16.4 Å². The first kappa shape index (κ1) is 43.1. The van der Waals surface area contributed by atoms with Gasteiger partial charge in [-0.2, -0.15) is 0 Å². The second-order valence-electron chi connectivity index (χ2n) is 19.0. The molecule has 9 aromatic rings. The molecule has 13 rings (SSSR count). The van der Waals surface area contributed by atoms with Crippen LogP contribution in [0.5, 0.6) is 0 Å². The Balaban J connectivity index is 1.33. The highest BCUT2D eigenvalue weighted by molar-refractivity contribution is 6.44. The summed E-state index contributed by atoms with van der Waals surface area (Å²) in [6.45, 7) is 0. The number of hydrogen-bond donors (Lipinski definition) is 2. The SMILES string of the molecule is C1=CC2=NC1=CC1(c3ccccc3)NC(c3ccccc3)(C(c3ccccc3)=C1c1ccccc1)C(c1ccccc1)C1(c3ccccc3)N=C(C=c3ccc([nH]3)=C2)C(c2ccccc2)=C1c1ccccc1. The van der Waals surface area contributed by atoms with Crippen molar-refractivity contribution in [2.24, 2.45) is 9.98 Å². The van der Waals surface area contributed by atoms with Gasteiger partial charge in [-0.1, -0.05) is 243 Å². The number of H-pyrrole nitrogens is 1. The predicted octanol–water partition coefficient (Wildman–Crippen LogP) is 13.2. The van der Waals surface area contributed by atoms with E-state index in [0.29, 0.717) is 0 Å². The minimum Gasteiger partial charge on any atom is -0.355 e. The normalized spacial score (nSPS) is 22.2. The summed E-state index contributed by atoms with van der Waals surface area (Å²) in [5, 5.41) is 6.70. The Morgan fingerprint density at radius 1 is 0.389 bits per heavy atom. The molecule has 0 amide bonds. The monoisotopic (exact) mass is 922 g/mol. The standard InChI is InChI=1S/C68H50N4/c1-9-25-48(26-10-1)61-60-46-58-42-41-56(69-58)45-57-43-44-59(70-57)47-66(53-35-19-6-20-36-53)63(50-29-13-3-14-30-50)64(51-31-15-4-16-32-51)68(72-66,55-39-23-8-24-40-55)65(52-33-17-5-18-34-52)67(71-60,54-37-21-7-22-38-54)62(61)49-27-11-2-12-28-49/h1-47,65,69,72H. The summed E-state index contributed by atoms with van der Waals surface area (Å²) in [6, 6.07) is 92.8. The lowest BCUT2D eigenvalue weighted by atomic mass is 9.57. The van der Waals surface area contributed by atoms with Crippen molar-refractivity contribution in [2.45, 2.75) is 22.5 Å². The highest BCUT2D eigenvalue weighted by atomic mass is 15.1. The fourth-order valence-electron chi connectivity index (χ4n) is 12.2. The van der Waals surface area contributed by atoms with Gasteiger partial charge in [0, 0.05) is 27.8 Å². The molecule has 0 saturated heterocycles. The van der Waals surface area contributed by atoms with E-state index in [1.54, 1.807) is 0 Å². The molecule has 0 radical (unpaired) electrons. The summed E-state index contributed by atoms with van der Waals surface area (Å²) in [4.78, 5) is 15.7. The minimum absolute atomic E-state index is 0.507. The molecule has 4 aliphatic rings. The first-order chi connectivity index (χ1) is 35.6. The predicted molar refractivity (Wildman–Crippen MR) is 297 cm³/mol. The van der Waals surface area contributed by atoms with Gasteiger partial charge < -0.3 is 4.98 Å². The van der Waals surface area contributed by atoms with E-state index in [1.807, 2.05) is 0 Å². The van der Waals surface area contributed by atoms with Gasteiger partial charge in [0.05, 0.1) is 28.2 Å². The van der Waals surface area contributed by atoms with Gasteiger partial charge in [0.15, 0.2) is 0 Å². The molecule has 4 nitrogen and oxygen atoms in total. The van der Waals surface area contributed by atoms with Crippen molar-refractivity contribution in [1.82, 2.24) is 10.3 Å². The highest BCUT2D eigenvalue weighted by Gasteiger charge is 2.65. The maximum absolute atomic E-state index is 6.52. The van der Waals surface area contributed by atoms with Gasteiger partial charge in [0.25, 0.3) is 0 Å². The maximum atomic E-state index is 6.52. The van der Waals surface area contributed by atoms with E-state index in [9.17, 15) is 0 Å². The Kier molecular flexibility index (Phi) is 10.6. The van der Waals surface area contributed by atoms with Crippen LogP contribution in [0.4, 0.5) is 0 Å². The van der Waals surface area contributed by atoms with Gasteiger partial charge in [-0.05, 0) is 98.2 Å². The minimum atomic E-state index is -1.14. The molecule has 8 aromatic carbocycles. The second-order valence-corrected chi connectivity index (χ2v) is 19.0. The quantitative estimate of drug-likeness (QED) is 0.157. The third-order valence-corrected chi connectivity index (χ3v) is 14.9. The fourth-order valence-corrected chi connectivity index (χ4v) is 12.2. The molecule has 0 spiro atoms. The van der Waals surface area contributed by atoms with E-state index in [2.05, 4.69) is 290 Å². The van der Waals surface area contributed by atoms with E-state index in [1.165, 1.54) is 0 Å². The van der Waals surface area contributed by atoms with E-state index in [0.717, 1.165) is 94.6 Å². The molecule has 5 heterocycles. The van der Waals surface area contributed by atoms with Gasteiger partial charge in [-0.15, -0.1) is 0 Å². The number of nitrogens with one attached hydrogen (secondary N) is 2. The molecule has 4 atom stereocenters. The molecule has 0 aliphatic carbocycles. The van der Waals surface area contributed by atoms with Crippen LogP contribution < -0.4 is 16.0 Å². The molecule has 0 fully saturated rings. The number of nitrogens with zero attached hydrogens (tertiary/aromatic N) is 2. The summed E-state index contributed by atoms with van der Waals surface area (Å²) in [6.07, 6.45) is 11.1. The van der Waals surface area contributed by atoms with E-state index < -0.39 is 22.5 Å². The molecule has 8 bridgehead atoms. The lowest BCUT2D eigenvalue weighted by Gasteiger charge is -2.51. The first-order valence-corrected chi connectivity index (χ1v) is 24.8. The molecule has 1 aromatic heterocycles. The summed E-state index contributed by atoms with van der Waals surface area (Å²) in [5.74, 6) is -0.507. The van der Waals surface area contributed by atoms with Gasteiger partial charge in [-0.25, -0.2) is 4.99 Å². The smallest absolute Gasteiger partial charge is 0.122 e. The Morgan fingerprint density at radius 2 is 0.847 bits per heavy atom.